The molecule has 2 amide bonds. The fourth-order valence-electron chi connectivity index (χ4n) is 13.7. The van der Waals surface area contributed by atoms with Crippen LogP contribution in [0.3, 0.4) is 0 Å². The molecule has 0 radical (unpaired) electrons. The second kappa shape index (κ2) is 12.9. The first kappa shape index (κ1) is 38.9. The molecule has 10 atom stereocenters. The highest BCUT2D eigenvalue weighted by Gasteiger charge is 2.71. The number of urea groups is 1. The zero-order valence-electron chi connectivity index (χ0n) is 33.9. The number of carbonyl (C=O) groups excluding carboxylic acids is 2. The molecule has 6 rings (SSSR count). The van der Waals surface area contributed by atoms with Gasteiger partial charge in [-0.3, -0.25) is 9.59 Å². The Balaban J connectivity index is 1.24. The van der Waals surface area contributed by atoms with Gasteiger partial charge in [-0.1, -0.05) is 77.1 Å². The molecule has 5 aliphatic carbocycles. The number of hydrogen-bond acceptors (Lipinski definition) is 4. The molecule has 7 nitrogen and oxygen atoms in total. The van der Waals surface area contributed by atoms with E-state index in [9.17, 15) is 19.5 Å². The smallest absolute Gasteiger partial charge is 0.315 e. The SMILES string of the molecule is C=C(C)[C@@H]1CC[C@]2(NC(=O)NC(C)(C)c3ccccc3)CC[C@]3(C)C(CCC4C5(C)CCC(OC(=O)CC(C)(C)C(=O)O)C(C)(C)C5CCC43C)C12. The van der Waals surface area contributed by atoms with E-state index in [1.807, 2.05) is 18.2 Å². The van der Waals surface area contributed by atoms with E-state index in [0.717, 1.165) is 63.4 Å². The van der Waals surface area contributed by atoms with Gasteiger partial charge < -0.3 is 20.5 Å². The van der Waals surface area contributed by atoms with Gasteiger partial charge in [-0.05, 0) is 150 Å². The topological polar surface area (TPSA) is 105 Å². The minimum Gasteiger partial charge on any atom is -0.481 e. The van der Waals surface area contributed by atoms with Crippen molar-refractivity contribution in [1.29, 1.82) is 0 Å². The van der Waals surface area contributed by atoms with Crippen LogP contribution in [0.15, 0.2) is 42.5 Å². The number of rotatable bonds is 8. The van der Waals surface area contributed by atoms with Crippen LogP contribution < -0.4 is 10.6 Å². The Hall–Kier alpha value is -2.83. The van der Waals surface area contributed by atoms with E-state index in [-0.39, 0.29) is 45.8 Å². The van der Waals surface area contributed by atoms with Crippen molar-refractivity contribution in [2.24, 2.45) is 56.7 Å². The molecule has 0 heterocycles. The third-order valence-corrected chi connectivity index (χ3v) is 16.7. The van der Waals surface area contributed by atoms with E-state index in [0.29, 0.717) is 29.6 Å². The first-order chi connectivity index (χ1) is 24.0. The minimum atomic E-state index is -1.15. The molecule has 0 saturated heterocycles. The summed E-state index contributed by atoms with van der Waals surface area (Å²) in [5.74, 6) is 0.845. The summed E-state index contributed by atoms with van der Waals surface area (Å²) in [6, 6.07) is 10.2. The van der Waals surface area contributed by atoms with Crippen molar-refractivity contribution in [3.8, 4) is 0 Å². The van der Waals surface area contributed by atoms with Crippen LogP contribution in [0.25, 0.3) is 0 Å². The van der Waals surface area contributed by atoms with Gasteiger partial charge in [0.2, 0.25) is 0 Å². The van der Waals surface area contributed by atoms with E-state index in [4.69, 9.17) is 4.74 Å². The Morgan fingerprint density at radius 3 is 2.15 bits per heavy atom. The lowest BCUT2D eigenvalue weighted by molar-refractivity contribution is -0.246. The lowest BCUT2D eigenvalue weighted by Gasteiger charge is -2.73. The van der Waals surface area contributed by atoms with Crippen molar-refractivity contribution in [3.05, 3.63) is 48.0 Å². The number of nitrogens with one attached hydrogen (secondary N) is 2. The van der Waals surface area contributed by atoms with E-state index < -0.39 is 22.9 Å². The fraction of sp³-hybridized carbons (Fsp3) is 0.756. The standard InChI is InChI=1S/C45H68N2O5/c1-28(2)30-19-24-45(47-38(51)46-41(7,8)29-15-13-12-14-16-29)26-25-43(10)31(36(30)45)17-18-33-42(9)22-21-34(52-35(48)27-39(3,4)37(49)50)40(5,6)32(42)20-23-44(33,43)11/h12-16,30-34,36H,1,17-27H2,2-11H3,(H,49,50)(H2,46,47,51)/t30-,31?,32?,33?,34?,36?,42?,43+,44?,45-/m0/s1. The monoisotopic (exact) mass is 717 g/mol. The maximum Gasteiger partial charge on any atom is 0.315 e. The molecule has 0 spiro atoms. The zero-order valence-corrected chi connectivity index (χ0v) is 33.9. The predicted molar refractivity (Wildman–Crippen MR) is 206 cm³/mol. The number of carboxylic acids is 1. The summed E-state index contributed by atoms with van der Waals surface area (Å²) in [6.45, 7) is 26.5. The second-order valence-corrected chi connectivity index (χ2v) is 20.6. The molecule has 5 fully saturated rings. The third-order valence-electron chi connectivity index (χ3n) is 16.7. The number of aliphatic carboxylic acids is 1. The number of esters is 1. The number of ether oxygens (including phenoxy) is 1. The number of allylic oxidation sites excluding steroid dienone is 1. The molecule has 0 aliphatic heterocycles. The number of carbonyl (C=O) groups is 3. The molecule has 5 aliphatic rings. The number of carboxylic acid groups (broad SMARTS) is 1. The summed E-state index contributed by atoms with van der Waals surface area (Å²) in [6.07, 6.45) is 10.3. The van der Waals surface area contributed by atoms with E-state index in [1.165, 1.54) is 12.0 Å². The van der Waals surface area contributed by atoms with Crippen molar-refractivity contribution in [2.45, 2.75) is 157 Å². The van der Waals surface area contributed by atoms with Gasteiger partial charge in [0.1, 0.15) is 6.10 Å². The highest BCUT2D eigenvalue weighted by molar-refractivity contribution is 5.81. The van der Waals surface area contributed by atoms with Crippen molar-refractivity contribution in [2.75, 3.05) is 0 Å². The molecule has 1 aromatic carbocycles. The molecule has 5 saturated carbocycles. The molecule has 3 N–H and O–H groups in total. The van der Waals surface area contributed by atoms with Crippen LogP contribution in [0.2, 0.25) is 0 Å². The lowest BCUT2D eigenvalue weighted by atomic mass is 9.32. The number of benzene rings is 1. The molecule has 7 unspecified atom stereocenters. The Morgan fingerprint density at radius 1 is 0.846 bits per heavy atom. The van der Waals surface area contributed by atoms with Crippen molar-refractivity contribution in [3.63, 3.8) is 0 Å². The van der Waals surface area contributed by atoms with Gasteiger partial charge in [0.15, 0.2) is 0 Å². The van der Waals surface area contributed by atoms with Crippen LogP contribution in [-0.4, -0.2) is 34.7 Å². The van der Waals surface area contributed by atoms with E-state index >= 15 is 0 Å². The van der Waals surface area contributed by atoms with Crippen LogP contribution in [0.5, 0.6) is 0 Å². The fourth-order valence-corrected chi connectivity index (χ4v) is 13.7. The average molecular weight is 717 g/mol. The minimum absolute atomic E-state index is 0.0658. The first-order valence-electron chi connectivity index (χ1n) is 20.3. The van der Waals surface area contributed by atoms with Crippen LogP contribution in [0.4, 0.5) is 4.79 Å². The summed E-state index contributed by atoms with van der Waals surface area (Å²) in [7, 11) is 0. The molecule has 52 heavy (non-hydrogen) atoms. The van der Waals surface area contributed by atoms with Crippen molar-refractivity contribution >= 4 is 18.0 Å². The largest absolute Gasteiger partial charge is 0.481 e. The maximum absolute atomic E-state index is 14.0. The summed E-state index contributed by atoms with van der Waals surface area (Å²) in [5.41, 5.74) is 0.655. The first-order valence-corrected chi connectivity index (χ1v) is 20.3. The molecule has 0 aromatic heterocycles. The predicted octanol–water partition coefficient (Wildman–Crippen LogP) is 10.0. The van der Waals surface area contributed by atoms with Crippen molar-refractivity contribution in [1.82, 2.24) is 10.6 Å². The van der Waals surface area contributed by atoms with Crippen LogP contribution >= 0.6 is 0 Å². The second-order valence-electron chi connectivity index (χ2n) is 20.6. The van der Waals surface area contributed by atoms with Gasteiger partial charge in [-0.25, -0.2) is 4.79 Å². The summed E-state index contributed by atoms with van der Waals surface area (Å²) in [4.78, 5) is 38.8. The van der Waals surface area contributed by atoms with Gasteiger partial charge in [-0.2, -0.15) is 0 Å². The molecule has 0 bridgehead atoms. The van der Waals surface area contributed by atoms with E-state index in [2.05, 4.69) is 84.7 Å². The number of amides is 2. The Labute approximate surface area is 313 Å². The maximum atomic E-state index is 14.0. The lowest BCUT2D eigenvalue weighted by Crippen LogP contribution is -2.69. The summed E-state index contributed by atoms with van der Waals surface area (Å²) in [5, 5.41) is 16.6. The zero-order chi connectivity index (χ0) is 38.3. The van der Waals surface area contributed by atoms with Gasteiger partial charge in [0.25, 0.3) is 0 Å². The highest BCUT2D eigenvalue weighted by Crippen LogP contribution is 2.76. The van der Waals surface area contributed by atoms with Gasteiger partial charge in [0, 0.05) is 11.0 Å². The molecular weight excluding hydrogens is 649 g/mol. The highest BCUT2D eigenvalue weighted by atomic mass is 16.5. The molecule has 7 heteroatoms. The number of hydrogen-bond donors (Lipinski definition) is 3. The average Bonchev–Trinajstić information content (AvgIpc) is 3.42. The van der Waals surface area contributed by atoms with E-state index in [1.54, 1.807) is 13.8 Å². The quantitative estimate of drug-likeness (QED) is 0.184. The molecular formula is C45H68N2O5. The van der Waals surface area contributed by atoms with Gasteiger partial charge in [0.05, 0.1) is 17.4 Å². The van der Waals surface area contributed by atoms with Crippen LogP contribution in [-0.2, 0) is 19.9 Å². The Kier molecular flexibility index (Phi) is 9.64. The third kappa shape index (κ3) is 6.03. The number of fused-ring (bicyclic) bond motifs is 7. The Morgan fingerprint density at radius 2 is 1.52 bits per heavy atom. The molecule has 288 valence electrons. The van der Waals surface area contributed by atoms with Crippen LogP contribution in [0.1, 0.15) is 145 Å². The summed E-state index contributed by atoms with van der Waals surface area (Å²) >= 11 is 0. The van der Waals surface area contributed by atoms with Crippen LogP contribution in [0, 0.1) is 56.7 Å². The normalized spacial score (nSPS) is 39.5. The van der Waals surface area contributed by atoms with Gasteiger partial charge in [-0.15, -0.1) is 0 Å². The Bertz CT molecular complexity index is 1580. The van der Waals surface area contributed by atoms with Gasteiger partial charge >= 0.3 is 18.0 Å². The summed E-state index contributed by atoms with van der Waals surface area (Å²) < 4.78 is 6.18. The molecule has 1 aromatic rings. The van der Waals surface area contributed by atoms with Crippen molar-refractivity contribution < 1.29 is 24.2 Å².